The summed E-state index contributed by atoms with van der Waals surface area (Å²) < 4.78 is 5.52. The fourth-order valence-electron chi connectivity index (χ4n) is 5.49. The number of nitrogens with one attached hydrogen (secondary N) is 1. The highest BCUT2D eigenvalue weighted by molar-refractivity contribution is 5.98. The summed E-state index contributed by atoms with van der Waals surface area (Å²) in [6, 6.07) is 17.5. The van der Waals surface area contributed by atoms with E-state index in [2.05, 4.69) is 28.2 Å². The number of hydrazine groups is 1. The van der Waals surface area contributed by atoms with Crippen molar-refractivity contribution in [3.8, 4) is 5.75 Å². The molecular weight excluding hydrogens is 430 g/mol. The molecule has 3 atom stereocenters. The predicted molar refractivity (Wildman–Crippen MR) is 132 cm³/mol. The fraction of sp³-hybridized carbons (Fsp3) is 0.462. The predicted octanol–water partition coefficient (Wildman–Crippen LogP) is 1.83. The van der Waals surface area contributed by atoms with Crippen LogP contribution in [-0.2, 0) is 9.59 Å². The third-order valence-electron chi connectivity index (χ3n) is 7.39. The van der Waals surface area contributed by atoms with E-state index in [1.165, 1.54) is 0 Å². The molecule has 1 N–H and O–H groups in total. The van der Waals surface area contributed by atoms with Crippen LogP contribution >= 0.6 is 0 Å². The minimum absolute atomic E-state index is 0.0492. The number of likely N-dealkylation sites (tertiary alicyclic amines) is 1. The Morgan fingerprint density at radius 1 is 1.00 bits per heavy atom. The van der Waals surface area contributed by atoms with Gasteiger partial charge in [-0.3, -0.25) is 9.59 Å². The molecule has 8 nitrogen and oxygen atoms in total. The molecule has 2 aromatic carbocycles. The number of hydrogen-bond donors (Lipinski definition) is 1. The van der Waals surface area contributed by atoms with Gasteiger partial charge in [0.15, 0.2) is 0 Å². The summed E-state index contributed by atoms with van der Waals surface area (Å²) in [5, 5.41) is 1.65. The molecule has 3 fully saturated rings. The number of carbonyl (C=O) groups excluding carboxylic acids is 2. The number of hydrogen-bond acceptors (Lipinski definition) is 6. The molecule has 2 aromatic rings. The van der Waals surface area contributed by atoms with Crippen LogP contribution < -0.4 is 20.1 Å². The van der Waals surface area contributed by atoms with E-state index in [0.717, 1.165) is 36.8 Å². The zero-order chi connectivity index (χ0) is 23.7. The number of ether oxygens (including phenoxy) is 1. The van der Waals surface area contributed by atoms with Gasteiger partial charge in [0, 0.05) is 39.3 Å². The van der Waals surface area contributed by atoms with Crippen LogP contribution in [0.3, 0.4) is 0 Å². The summed E-state index contributed by atoms with van der Waals surface area (Å²) in [5.74, 6) is 0.564. The third kappa shape index (κ3) is 4.12. The average molecular weight is 464 g/mol. The molecular formula is C26H33N5O3. The van der Waals surface area contributed by atoms with Crippen LogP contribution in [-0.4, -0.2) is 80.6 Å². The van der Waals surface area contributed by atoms with Gasteiger partial charge in [0.1, 0.15) is 5.75 Å². The molecule has 34 heavy (non-hydrogen) atoms. The van der Waals surface area contributed by atoms with E-state index in [1.54, 1.807) is 12.1 Å². The first-order chi connectivity index (χ1) is 16.6. The molecule has 2 amide bonds. The number of fused-ring (bicyclic) bond motifs is 1. The van der Waals surface area contributed by atoms with Gasteiger partial charge in [0.05, 0.1) is 36.4 Å². The van der Waals surface area contributed by atoms with Gasteiger partial charge >= 0.3 is 0 Å². The van der Waals surface area contributed by atoms with E-state index >= 15 is 0 Å². The van der Waals surface area contributed by atoms with Crippen molar-refractivity contribution >= 4 is 23.2 Å². The number of piperidine rings is 1. The van der Waals surface area contributed by atoms with Crippen molar-refractivity contribution < 1.29 is 14.3 Å². The molecule has 0 aliphatic carbocycles. The van der Waals surface area contributed by atoms with Crippen LogP contribution in [0.25, 0.3) is 0 Å². The summed E-state index contributed by atoms with van der Waals surface area (Å²) in [4.78, 5) is 33.6. The Labute approximate surface area is 201 Å². The number of amides is 2. The smallest absolute Gasteiger partial charge is 0.247 e. The monoisotopic (exact) mass is 463 g/mol. The molecule has 3 heterocycles. The van der Waals surface area contributed by atoms with E-state index in [1.807, 2.05) is 53.4 Å². The largest absolute Gasteiger partial charge is 0.495 e. The van der Waals surface area contributed by atoms with Crippen molar-refractivity contribution in [1.82, 2.24) is 15.2 Å². The van der Waals surface area contributed by atoms with E-state index in [0.29, 0.717) is 26.2 Å². The Bertz CT molecular complexity index is 1020. The number of piperazine rings is 1. The summed E-state index contributed by atoms with van der Waals surface area (Å²) >= 11 is 0. The number of benzene rings is 2. The molecule has 0 bridgehead atoms. The Balaban J connectivity index is 1.30. The molecule has 3 aliphatic heterocycles. The topological polar surface area (TPSA) is 68.4 Å². The molecule has 0 saturated carbocycles. The average Bonchev–Trinajstić information content (AvgIpc) is 3.24. The van der Waals surface area contributed by atoms with Crippen molar-refractivity contribution in [2.75, 3.05) is 62.8 Å². The summed E-state index contributed by atoms with van der Waals surface area (Å²) in [6.45, 7) is 7.11. The molecule has 180 valence electrons. The van der Waals surface area contributed by atoms with Crippen LogP contribution in [0.15, 0.2) is 54.6 Å². The zero-order valence-corrected chi connectivity index (χ0v) is 19.9. The van der Waals surface area contributed by atoms with Gasteiger partial charge in [-0.2, -0.15) is 0 Å². The normalized spacial score (nSPS) is 25.4. The molecule has 0 radical (unpaired) electrons. The second-order valence-electron chi connectivity index (χ2n) is 9.21. The van der Waals surface area contributed by atoms with E-state index in [4.69, 9.17) is 4.74 Å². The maximum Gasteiger partial charge on any atom is 0.247 e. The molecule has 0 aromatic heterocycles. The van der Waals surface area contributed by atoms with Crippen LogP contribution in [0.5, 0.6) is 5.75 Å². The lowest BCUT2D eigenvalue weighted by Gasteiger charge is -2.42. The number of para-hydroxylation sites is 3. The van der Waals surface area contributed by atoms with E-state index in [-0.39, 0.29) is 29.7 Å². The zero-order valence-electron chi connectivity index (χ0n) is 19.9. The van der Waals surface area contributed by atoms with Crippen molar-refractivity contribution in [3.63, 3.8) is 0 Å². The van der Waals surface area contributed by atoms with Crippen molar-refractivity contribution in [1.29, 1.82) is 0 Å². The van der Waals surface area contributed by atoms with E-state index in [9.17, 15) is 9.59 Å². The molecule has 0 spiro atoms. The first-order valence-electron chi connectivity index (χ1n) is 12.1. The molecule has 3 saturated heterocycles. The first-order valence-corrected chi connectivity index (χ1v) is 12.1. The number of carbonyl (C=O) groups is 2. The van der Waals surface area contributed by atoms with E-state index < -0.39 is 0 Å². The first kappa shape index (κ1) is 22.7. The minimum Gasteiger partial charge on any atom is -0.495 e. The van der Waals surface area contributed by atoms with Crippen LogP contribution in [0.2, 0.25) is 0 Å². The van der Waals surface area contributed by atoms with Gasteiger partial charge in [-0.15, -0.1) is 0 Å². The molecule has 3 aliphatic rings. The SMILES string of the molecule is CCN1CC(C(=O)N2CCN(c3ccccc3OC)CC2)C2NN(c3ccccc3)C(=O)C2C1. The molecule has 5 rings (SSSR count). The second kappa shape index (κ2) is 9.64. The lowest BCUT2D eigenvalue weighted by atomic mass is 9.83. The minimum atomic E-state index is -0.255. The summed E-state index contributed by atoms with van der Waals surface area (Å²) in [7, 11) is 1.69. The van der Waals surface area contributed by atoms with Crippen molar-refractivity contribution in [2.45, 2.75) is 13.0 Å². The number of nitrogens with zero attached hydrogens (tertiary/aromatic N) is 4. The molecule has 3 unspecified atom stereocenters. The van der Waals surface area contributed by atoms with Crippen LogP contribution in [0.1, 0.15) is 6.92 Å². The van der Waals surface area contributed by atoms with Crippen LogP contribution in [0.4, 0.5) is 11.4 Å². The maximum atomic E-state index is 13.8. The molecule has 8 heteroatoms. The van der Waals surface area contributed by atoms with Crippen molar-refractivity contribution in [3.05, 3.63) is 54.6 Å². The summed E-state index contributed by atoms with van der Waals surface area (Å²) in [5.41, 5.74) is 5.29. The highest BCUT2D eigenvalue weighted by atomic mass is 16.5. The van der Waals surface area contributed by atoms with Gasteiger partial charge in [-0.1, -0.05) is 37.3 Å². The highest BCUT2D eigenvalue weighted by Gasteiger charge is 2.51. The standard InChI is InChI=1S/C26H33N5O3/c1-3-28-17-20(24-21(18-28)26(33)31(27-24)19-9-5-4-6-10-19)25(32)30-15-13-29(14-16-30)22-11-7-8-12-23(22)34-2/h4-12,20-21,24,27H,3,13-18H2,1-2H3. The number of methoxy groups -OCH3 is 1. The maximum absolute atomic E-state index is 13.8. The Morgan fingerprint density at radius 3 is 2.41 bits per heavy atom. The quantitative estimate of drug-likeness (QED) is 0.730. The van der Waals surface area contributed by atoms with Crippen molar-refractivity contribution in [2.24, 2.45) is 11.8 Å². The highest BCUT2D eigenvalue weighted by Crippen LogP contribution is 2.33. The fourth-order valence-corrected chi connectivity index (χ4v) is 5.49. The lowest BCUT2D eigenvalue weighted by molar-refractivity contribution is -0.139. The third-order valence-corrected chi connectivity index (χ3v) is 7.39. The number of anilines is 2. The van der Waals surface area contributed by atoms with Gasteiger partial charge in [0.25, 0.3) is 0 Å². The van der Waals surface area contributed by atoms with Gasteiger partial charge < -0.3 is 19.4 Å². The Kier molecular flexibility index (Phi) is 6.43. The Morgan fingerprint density at radius 2 is 1.71 bits per heavy atom. The summed E-state index contributed by atoms with van der Waals surface area (Å²) in [6.07, 6.45) is 0. The Hall–Kier alpha value is -3.10. The lowest BCUT2D eigenvalue weighted by Crippen LogP contribution is -2.59. The second-order valence-corrected chi connectivity index (χ2v) is 9.21. The van der Waals surface area contributed by atoms with Crippen LogP contribution in [0, 0.1) is 11.8 Å². The van der Waals surface area contributed by atoms with Gasteiger partial charge in [-0.05, 0) is 30.8 Å². The number of rotatable bonds is 5. The van der Waals surface area contributed by atoms with Gasteiger partial charge in [0.2, 0.25) is 11.8 Å². The van der Waals surface area contributed by atoms with Gasteiger partial charge in [-0.25, -0.2) is 10.4 Å².